The number of carbonyl (C=O) groups excluding carboxylic acids is 1. The number of nitrogens with one attached hydrogen (secondary N) is 2. The summed E-state index contributed by atoms with van der Waals surface area (Å²) < 4.78 is 5.38. The number of hydrogen-bond acceptors (Lipinski definition) is 4. The molecule has 0 saturated carbocycles. The van der Waals surface area contributed by atoms with Gasteiger partial charge in [0.1, 0.15) is 5.52 Å². The van der Waals surface area contributed by atoms with Crippen LogP contribution in [-0.4, -0.2) is 24.5 Å². The number of benzene rings is 1. The molecule has 0 radical (unpaired) electrons. The van der Waals surface area contributed by atoms with Crippen LogP contribution in [0.25, 0.3) is 11.1 Å². The molecule has 0 unspecified atom stereocenters. The van der Waals surface area contributed by atoms with Gasteiger partial charge in [-0.25, -0.2) is 4.98 Å². The first-order valence-electron chi connectivity index (χ1n) is 5.46. The normalized spacial score (nSPS) is 10.7. The predicted molar refractivity (Wildman–Crippen MR) is 64.5 cm³/mol. The van der Waals surface area contributed by atoms with Crippen LogP contribution in [0.15, 0.2) is 22.6 Å². The molecule has 0 spiro atoms. The molecule has 0 bridgehead atoms. The highest BCUT2D eigenvalue weighted by Crippen LogP contribution is 2.16. The standard InChI is InChI=1S/C12H15N3O2/c1-8-15-10-5-9(3-4-11(10)17-8)6-14-12(16)7-13-2/h3-5,13H,6-7H2,1-2H3,(H,14,16). The van der Waals surface area contributed by atoms with E-state index < -0.39 is 0 Å². The first-order chi connectivity index (χ1) is 8.19. The summed E-state index contributed by atoms with van der Waals surface area (Å²) in [6.07, 6.45) is 0. The molecule has 2 rings (SSSR count). The van der Waals surface area contributed by atoms with Gasteiger partial charge in [-0.05, 0) is 24.7 Å². The minimum absolute atomic E-state index is 0.0241. The summed E-state index contributed by atoms with van der Waals surface area (Å²) >= 11 is 0. The molecule has 5 nitrogen and oxygen atoms in total. The van der Waals surface area contributed by atoms with E-state index in [-0.39, 0.29) is 5.91 Å². The minimum atomic E-state index is -0.0241. The van der Waals surface area contributed by atoms with Crippen molar-refractivity contribution in [3.05, 3.63) is 29.7 Å². The third kappa shape index (κ3) is 2.82. The number of carbonyl (C=O) groups is 1. The second-order valence-electron chi connectivity index (χ2n) is 3.84. The van der Waals surface area contributed by atoms with Crippen molar-refractivity contribution < 1.29 is 9.21 Å². The molecule has 1 amide bonds. The van der Waals surface area contributed by atoms with Gasteiger partial charge < -0.3 is 15.1 Å². The fourth-order valence-corrected chi connectivity index (χ4v) is 1.62. The van der Waals surface area contributed by atoms with Gasteiger partial charge in [-0.15, -0.1) is 0 Å². The fourth-order valence-electron chi connectivity index (χ4n) is 1.62. The zero-order valence-corrected chi connectivity index (χ0v) is 9.91. The van der Waals surface area contributed by atoms with Crippen molar-refractivity contribution >= 4 is 17.0 Å². The van der Waals surface area contributed by atoms with Crippen molar-refractivity contribution in [2.75, 3.05) is 13.6 Å². The Bertz CT molecular complexity index is 534. The Kier molecular flexibility index (Phi) is 3.39. The number of aryl methyl sites for hydroxylation is 1. The average Bonchev–Trinajstić information content (AvgIpc) is 2.66. The number of aromatic nitrogens is 1. The maximum Gasteiger partial charge on any atom is 0.234 e. The molecular weight excluding hydrogens is 218 g/mol. The smallest absolute Gasteiger partial charge is 0.234 e. The molecule has 0 aliphatic heterocycles. The number of nitrogens with zero attached hydrogens (tertiary/aromatic N) is 1. The summed E-state index contributed by atoms with van der Waals surface area (Å²) in [5.74, 6) is 0.625. The van der Waals surface area contributed by atoms with Gasteiger partial charge in [-0.2, -0.15) is 0 Å². The van der Waals surface area contributed by atoms with Gasteiger partial charge in [-0.1, -0.05) is 6.07 Å². The molecule has 2 aromatic rings. The van der Waals surface area contributed by atoms with E-state index in [4.69, 9.17) is 4.42 Å². The molecule has 2 N–H and O–H groups in total. The van der Waals surface area contributed by atoms with Crippen molar-refractivity contribution in [1.82, 2.24) is 15.6 Å². The van der Waals surface area contributed by atoms with E-state index in [1.807, 2.05) is 25.1 Å². The van der Waals surface area contributed by atoms with Crippen LogP contribution in [0, 0.1) is 6.92 Å². The lowest BCUT2D eigenvalue weighted by Crippen LogP contribution is -2.31. The predicted octanol–water partition coefficient (Wildman–Crippen LogP) is 0.972. The summed E-state index contributed by atoms with van der Waals surface area (Å²) in [5, 5.41) is 5.61. The SMILES string of the molecule is CNCC(=O)NCc1ccc2oc(C)nc2c1. The van der Waals surface area contributed by atoms with Crippen molar-refractivity contribution in [2.45, 2.75) is 13.5 Å². The average molecular weight is 233 g/mol. The zero-order valence-electron chi connectivity index (χ0n) is 9.91. The molecule has 90 valence electrons. The topological polar surface area (TPSA) is 67.2 Å². The van der Waals surface area contributed by atoms with Crippen molar-refractivity contribution in [3.63, 3.8) is 0 Å². The highest BCUT2D eigenvalue weighted by molar-refractivity contribution is 5.78. The molecule has 0 aliphatic rings. The van der Waals surface area contributed by atoms with Crippen LogP contribution in [0.1, 0.15) is 11.5 Å². The Balaban J connectivity index is 2.06. The third-order valence-corrected chi connectivity index (χ3v) is 2.39. The van der Waals surface area contributed by atoms with Gasteiger partial charge in [0.2, 0.25) is 5.91 Å². The van der Waals surface area contributed by atoms with Crippen LogP contribution in [0.3, 0.4) is 0 Å². The number of fused-ring (bicyclic) bond motifs is 1. The first-order valence-corrected chi connectivity index (χ1v) is 5.46. The molecule has 1 aromatic heterocycles. The Morgan fingerprint density at radius 2 is 2.29 bits per heavy atom. The summed E-state index contributed by atoms with van der Waals surface area (Å²) in [6, 6.07) is 5.72. The van der Waals surface area contributed by atoms with E-state index in [0.29, 0.717) is 19.0 Å². The van der Waals surface area contributed by atoms with Crippen LogP contribution in [-0.2, 0) is 11.3 Å². The Morgan fingerprint density at radius 3 is 3.06 bits per heavy atom. The van der Waals surface area contributed by atoms with Crippen molar-refractivity contribution in [2.24, 2.45) is 0 Å². The van der Waals surface area contributed by atoms with E-state index in [2.05, 4.69) is 15.6 Å². The van der Waals surface area contributed by atoms with Crippen LogP contribution in [0.2, 0.25) is 0 Å². The second kappa shape index (κ2) is 4.97. The number of oxazole rings is 1. The molecule has 0 saturated heterocycles. The molecule has 1 heterocycles. The molecule has 17 heavy (non-hydrogen) atoms. The summed E-state index contributed by atoms with van der Waals surface area (Å²) in [4.78, 5) is 15.5. The number of likely N-dealkylation sites (N-methyl/N-ethyl adjacent to an activating group) is 1. The summed E-state index contributed by atoms with van der Waals surface area (Å²) in [6.45, 7) is 2.64. The van der Waals surface area contributed by atoms with Gasteiger partial charge >= 0.3 is 0 Å². The van der Waals surface area contributed by atoms with E-state index in [0.717, 1.165) is 16.7 Å². The van der Waals surface area contributed by atoms with E-state index in [1.165, 1.54) is 0 Å². The largest absolute Gasteiger partial charge is 0.441 e. The highest BCUT2D eigenvalue weighted by atomic mass is 16.3. The number of rotatable bonds is 4. The van der Waals surface area contributed by atoms with Gasteiger partial charge in [0.15, 0.2) is 11.5 Å². The summed E-state index contributed by atoms with van der Waals surface area (Å²) in [5.41, 5.74) is 2.60. The highest BCUT2D eigenvalue weighted by Gasteiger charge is 2.04. The van der Waals surface area contributed by atoms with Crippen molar-refractivity contribution in [3.8, 4) is 0 Å². The van der Waals surface area contributed by atoms with E-state index in [1.54, 1.807) is 7.05 Å². The Morgan fingerprint density at radius 1 is 1.47 bits per heavy atom. The Hall–Kier alpha value is -1.88. The van der Waals surface area contributed by atoms with Crippen LogP contribution < -0.4 is 10.6 Å². The van der Waals surface area contributed by atoms with Crippen molar-refractivity contribution in [1.29, 1.82) is 0 Å². The summed E-state index contributed by atoms with van der Waals surface area (Å²) in [7, 11) is 1.74. The van der Waals surface area contributed by atoms with Crippen LogP contribution >= 0.6 is 0 Å². The Labute approximate surface area is 99.2 Å². The lowest BCUT2D eigenvalue weighted by Gasteiger charge is -2.04. The fraction of sp³-hybridized carbons (Fsp3) is 0.333. The number of hydrogen-bond donors (Lipinski definition) is 2. The molecule has 0 aliphatic carbocycles. The molecule has 0 fully saturated rings. The molecule has 1 aromatic carbocycles. The van der Waals surface area contributed by atoms with Crippen LogP contribution in [0.4, 0.5) is 0 Å². The lowest BCUT2D eigenvalue weighted by molar-refractivity contribution is -0.120. The van der Waals surface area contributed by atoms with Crippen LogP contribution in [0.5, 0.6) is 0 Å². The minimum Gasteiger partial charge on any atom is -0.441 e. The van der Waals surface area contributed by atoms with Gasteiger partial charge in [0.05, 0.1) is 6.54 Å². The molecule has 5 heteroatoms. The van der Waals surface area contributed by atoms with Gasteiger partial charge in [0, 0.05) is 13.5 Å². The quantitative estimate of drug-likeness (QED) is 0.825. The van der Waals surface area contributed by atoms with E-state index in [9.17, 15) is 4.79 Å². The lowest BCUT2D eigenvalue weighted by atomic mass is 10.2. The van der Waals surface area contributed by atoms with Gasteiger partial charge in [-0.3, -0.25) is 4.79 Å². The molecule has 0 atom stereocenters. The maximum absolute atomic E-state index is 11.3. The van der Waals surface area contributed by atoms with E-state index >= 15 is 0 Å². The third-order valence-electron chi connectivity index (χ3n) is 2.39. The number of amides is 1. The zero-order chi connectivity index (χ0) is 12.3. The first kappa shape index (κ1) is 11.6. The monoisotopic (exact) mass is 233 g/mol. The second-order valence-corrected chi connectivity index (χ2v) is 3.84. The molecular formula is C12H15N3O2. The maximum atomic E-state index is 11.3. The van der Waals surface area contributed by atoms with Gasteiger partial charge in [0.25, 0.3) is 0 Å².